The number of rotatable bonds is 16. The molecule has 2 aromatic carbocycles. The van der Waals surface area contributed by atoms with Crippen molar-refractivity contribution in [1.29, 1.82) is 0 Å². The Hall–Kier alpha value is -5.64. The first-order chi connectivity index (χ1) is 23.0. The Kier molecular flexibility index (Phi) is 13.7. The number of Topliss-reactive ketones (excluding diaryl/α,β-unsaturated/α-hetero) is 1. The van der Waals surface area contributed by atoms with Crippen molar-refractivity contribution in [3.8, 4) is 12.3 Å². The number of benzene rings is 2. The predicted molar refractivity (Wildman–Crippen MR) is 171 cm³/mol. The van der Waals surface area contributed by atoms with E-state index in [0.717, 1.165) is 29.7 Å². The van der Waals surface area contributed by atoms with E-state index in [9.17, 15) is 34.2 Å². The maximum atomic E-state index is 12.9. The third kappa shape index (κ3) is 9.93. The summed E-state index contributed by atoms with van der Waals surface area (Å²) >= 11 is 0. The zero-order valence-corrected chi connectivity index (χ0v) is 26.1. The van der Waals surface area contributed by atoms with Crippen molar-refractivity contribution in [3.05, 3.63) is 69.3 Å². The second-order valence-corrected chi connectivity index (χ2v) is 11.2. The van der Waals surface area contributed by atoms with Crippen LogP contribution in [0.25, 0.3) is 10.9 Å². The molecule has 2 atom stereocenters. The summed E-state index contributed by atoms with van der Waals surface area (Å²) in [6.07, 6.45) is 9.07. The first kappa shape index (κ1) is 36.8. The number of aromatic nitrogens is 2. The van der Waals surface area contributed by atoms with Gasteiger partial charge in [-0.25, -0.2) is 9.78 Å². The summed E-state index contributed by atoms with van der Waals surface area (Å²) < 4.78 is 0. The number of nitrogens with zero attached hydrogens (tertiary/aromatic N) is 2. The first-order valence-electron chi connectivity index (χ1n) is 15.3. The number of aliphatic hydroxyl groups excluding tert-OH is 1. The number of aliphatic hydroxyl groups is 1. The van der Waals surface area contributed by atoms with Gasteiger partial charge in [0.15, 0.2) is 0 Å². The number of carboxylic acids is 2. The van der Waals surface area contributed by atoms with Crippen molar-refractivity contribution < 1.29 is 44.1 Å². The number of carbonyl (C=O) groups is 4. The molecule has 1 aliphatic rings. The van der Waals surface area contributed by atoms with Crippen molar-refractivity contribution in [3.63, 3.8) is 0 Å². The molecule has 14 nitrogen and oxygen atoms in total. The Balaban J connectivity index is 0.00000201. The number of nitrogens with one attached hydrogen (secondary N) is 2. The van der Waals surface area contributed by atoms with Crippen molar-refractivity contribution in [2.24, 2.45) is 0 Å². The van der Waals surface area contributed by atoms with Crippen LogP contribution in [0.15, 0.2) is 41.2 Å². The van der Waals surface area contributed by atoms with E-state index in [1.54, 1.807) is 24.3 Å². The lowest BCUT2D eigenvalue weighted by molar-refractivity contribution is -0.191. The van der Waals surface area contributed by atoms with Gasteiger partial charge in [0.2, 0.25) is 0 Å². The van der Waals surface area contributed by atoms with E-state index in [4.69, 9.17) is 21.1 Å². The van der Waals surface area contributed by atoms with Gasteiger partial charge in [0.05, 0.1) is 23.5 Å². The Morgan fingerprint density at radius 3 is 2.33 bits per heavy atom. The molecule has 1 aromatic heterocycles. The third-order valence-corrected chi connectivity index (χ3v) is 7.96. The summed E-state index contributed by atoms with van der Waals surface area (Å²) in [5.41, 5.74) is 3.17. The van der Waals surface area contributed by atoms with E-state index in [0.29, 0.717) is 23.7 Å². The summed E-state index contributed by atoms with van der Waals surface area (Å²) in [4.78, 5) is 85.2. The normalized spacial score (nSPS) is 13.6. The average Bonchev–Trinajstić information content (AvgIpc) is 3.46. The Morgan fingerprint density at radius 1 is 1.04 bits per heavy atom. The van der Waals surface area contributed by atoms with Crippen LogP contribution in [0.4, 0.5) is 5.69 Å². The van der Waals surface area contributed by atoms with E-state index >= 15 is 0 Å². The summed E-state index contributed by atoms with van der Waals surface area (Å²) in [7, 11) is 0. The molecule has 0 unspecified atom stereocenters. The lowest BCUT2D eigenvalue weighted by Gasteiger charge is -2.30. The second kappa shape index (κ2) is 17.9. The van der Waals surface area contributed by atoms with Gasteiger partial charge in [-0.05, 0) is 86.1 Å². The molecule has 0 bridgehead atoms. The smallest absolute Gasteiger partial charge is 0.373 e. The van der Waals surface area contributed by atoms with Gasteiger partial charge in [-0.2, -0.15) is 9.59 Å². The van der Waals surface area contributed by atoms with Gasteiger partial charge < -0.3 is 30.5 Å². The van der Waals surface area contributed by atoms with Gasteiger partial charge in [0.25, 0.3) is 11.5 Å². The van der Waals surface area contributed by atoms with Crippen LogP contribution in [0.3, 0.4) is 0 Å². The van der Waals surface area contributed by atoms with Gasteiger partial charge in [0, 0.05) is 30.5 Å². The Morgan fingerprint density at radius 2 is 1.71 bits per heavy atom. The fourth-order valence-corrected chi connectivity index (χ4v) is 5.68. The zero-order valence-electron chi connectivity index (χ0n) is 26.1. The van der Waals surface area contributed by atoms with E-state index in [1.165, 1.54) is 0 Å². The maximum absolute atomic E-state index is 12.9. The van der Waals surface area contributed by atoms with Crippen LogP contribution in [0.2, 0.25) is 0 Å². The highest BCUT2D eigenvalue weighted by Gasteiger charge is 2.29. The number of carbonyl (C=O) groups excluding carboxylic acids is 4. The van der Waals surface area contributed by atoms with Crippen LogP contribution < -0.4 is 15.8 Å². The summed E-state index contributed by atoms with van der Waals surface area (Å²) in [6, 6.07) is 9.05. The van der Waals surface area contributed by atoms with Crippen LogP contribution >= 0.6 is 0 Å². The van der Waals surface area contributed by atoms with E-state index in [1.807, 2.05) is 17.0 Å². The highest BCUT2D eigenvalue weighted by Crippen LogP contribution is 2.39. The molecule has 1 aliphatic carbocycles. The minimum Gasteiger partial charge on any atom is -0.481 e. The molecular formula is C34H36N4O10. The number of hydrogen-bond donors (Lipinski definition) is 5. The molecule has 1 heterocycles. The molecule has 4 rings (SSSR count). The van der Waals surface area contributed by atoms with Gasteiger partial charge in [-0.3, -0.25) is 19.2 Å². The number of terminal acetylenes is 1. The number of aromatic amines is 1. The molecule has 14 heteroatoms. The van der Waals surface area contributed by atoms with E-state index in [-0.39, 0.29) is 80.2 Å². The second-order valence-electron chi connectivity index (χ2n) is 11.2. The number of hydrogen-bond acceptors (Lipinski definition) is 10. The number of aliphatic carboxylic acids is 2. The fourth-order valence-electron chi connectivity index (χ4n) is 5.68. The Labute approximate surface area is 275 Å². The zero-order chi connectivity index (χ0) is 35.2. The number of ketones is 1. The highest BCUT2D eigenvalue weighted by atomic mass is 16.4. The predicted octanol–water partition coefficient (Wildman–Crippen LogP) is 2.53. The van der Waals surface area contributed by atoms with Crippen LogP contribution in [-0.4, -0.2) is 67.7 Å². The molecule has 0 fully saturated rings. The van der Waals surface area contributed by atoms with Gasteiger partial charge in [-0.1, -0.05) is 5.92 Å². The SMILES string of the molecule is C#CCN(c1ccc(C(=O)N[C@@H](CCCC(=O)CCCCC(=O)O)C(=O)O)cc1)[C@H]1CCc2cc3nc(CO)[nH]c(=O)c3cc21.O=C=O. The summed E-state index contributed by atoms with van der Waals surface area (Å²) in [5, 5.41) is 30.6. The van der Waals surface area contributed by atoms with Gasteiger partial charge >= 0.3 is 18.1 Å². The molecule has 3 aromatic rings. The van der Waals surface area contributed by atoms with Crippen LogP contribution in [-0.2, 0) is 37.0 Å². The maximum Gasteiger partial charge on any atom is 0.373 e. The minimum absolute atomic E-state index is 0.00282. The third-order valence-electron chi connectivity index (χ3n) is 7.96. The molecule has 0 spiro atoms. The van der Waals surface area contributed by atoms with Crippen molar-refractivity contribution in [2.45, 2.75) is 76.5 Å². The molecule has 0 saturated heterocycles. The lowest BCUT2D eigenvalue weighted by Crippen LogP contribution is -2.40. The van der Waals surface area contributed by atoms with E-state index < -0.39 is 23.9 Å². The number of carboxylic acid groups (broad SMARTS) is 2. The van der Waals surface area contributed by atoms with Crippen molar-refractivity contribution >= 4 is 46.4 Å². The van der Waals surface area contributed by atoms with Crippen molar-refractivity contribution in [2.75, 3.05) is 11.4 Å². The monoisotopic (exact) mass is 660 g/mol. The number of fused-ring (bicyclic) bond motifs is 2. The summed E-state index contributed by atoms with van der Waals surface area (Å²) in [6.45, 7) is -0.100. The molecule has 252 valence electrons. The van der Waals surface area contributed by atoms with E-state index in [2.05, 4.69) is 21.2 Å². The number of H-pyrrole nitrogens is 1. The number of unbranched alkanes of at least 4 members (excludes halogenated alkanes) is 1. The molecular weight excluding hydrogens is 624 g/mol. The quantitative estimate of drug-likeness (QED) is 0.110. The molecule has 0 radical (unpaired) electrons. The van der Waals surface area contributed by atoms with Crippen LogP contribution in [0.5, 0.6) is 0 Å². The average molecular weight is 661 g/mol. The fraction of sp³-hybridized carbons (Fsp3) is 0.382. The van der Waals surface area contributed by atoms with Gasteiger partial charge in [-0.15, -0.1) is 6.42 Å². The topological polar surface area (TPSA) is 224 Å². The van der Waals surface area contributed by atoms with Crippen molar-refractivity contribution in [1.82, 2.24) is 15.3 Å². The number of aryl methyl sites for hydroxylation is 1. The summed E-state index contributed by atoms with van der Waals surface area (Å²) in [5.74, 6) is 0.135. The molecule has 48 heavy (non-hydrogen) atoms. The van der Waals surface area contributed by atoms with Crippen LogP contribution in [0, 0.1) is 12.3 Å². The lowest BCUT2D eigenvalue weighted by atomic mass is 10.0. The standard InChI is InChI=1S/C33H36N4O8.CO2/c1-2-16-37(28-15-12-21-17-27-25(18-24(21)28)32(43)36-29(19-38)34-27)22-13-10-20(11-14-22)31(42)35-26(33(44)45)8-5-7-23(39)6-3-4-9-30(40)41;2-1-3/h1,10-11,13-14,17-18,26,28,38H,3-9,12,15-16,19H2,(H,35,42)(H,40,41)(H,44,45)(H,34,36,43);/t26-,28-;/m0./s1. The largest absolute Gasteiger partial charge is 0.481 e. The molecule has 1 amide bonds. The highest BCUT2D eigenvalue weighted by molar-refractivity contribution is 5.97. The van der Waals surface area contributed by atoms with Gasteiger partial charge in [0.1, 0.15) is 24.3 Å². The molecule has 5 N–H and O–H groups in total. The molecule has 0 saturated carbocycles. The Bertz CT molecular complexity index is 1770. The minimum atomic E-state index is -1.21. The molecule has 0 aliphatic heterocycles. The first-order valence-corrected chi connectivity index (χ1v) is 15.3. The van der Waals surface area contributed by atoms with Crippen LogP contribution in [0.1, 0.15) is 84.7 Å². The number of anilines is 1. The number of amides is 1.